The number of esters is 1. The summed E-state index contributed by atoms with van der Waals surface area (Å²) in [4.78, 5) is 11.6. The van der Waals surface area contributed by atoms with Gasteiger partial charge in [0.15, 0.2) is 0 Å². The van der Waals surface area contributed by atoms with Crippen molar-refractivity contribution in [2.75, 3.05) is 20.3 Å². The van der Waals surface area contributed by atoms with E-state index in [4.69, 9.17) is 9.47 Å². The second kappa shape index (κ2) is 4.67. The lowest BCUT2D eigenvalue weighted by atomic mass is 9.75. The highest BCUT2D eigenvalue weighted by atomic mass is 16.5. The number of rotatable bonds is 3. The number of fused-ring (bicyclic) bond motifs is 1. The molecule has 0 amide bonds. The van der Waals surface area contributed by atoms with Crippen molar-refractivity contribution in [1.82, 2.24) is 0 Å². The Bertz CT molecular complexity index is 614. The normalized spacial score (nSPS) is 16.9. The van der Waals surface area contributed by atoms with Crippen molar-refractivity contribution >= 4 is 16.7 Å². The van der Waals surface area contributed by atoms with Crippen LogP contribution in [0.3, 0.4) is 0 Å². The molecular weight excluding hydrogens is 240 g/mol. The summed E-state index contributed by atoms with van der Waals surface area (Å²) in [5, 5.41) is 2.40. The molecule has 1 heterocycles. The lowest BCUT2D eigenvalue weighted by molar-refractivity contribution is -0.148. The number of ether oxygens (including phenoxy) is 2. The first kappa shape index (κ1) is 12.2. The van der Waals surface area contributed by atoms with Gasteiger partial charge in [-0.3, -0.25) is 4.79 Å². The van der Waals surface area contributed by atoms with E-state index in [9.17, 15) is 4.79 Å². The van der Waals surface area contributed by atoms with E-state index in [1.54, 1.807) is 0 Å². The number of carbonyl (C=O) groups excluding carboxylic acids is 1. The molecule has 0 radical (unpaired) electrons. The van der Waals surface area contributed by atoms with Crippen LogP contribution in [0.1, 0.15) is 12.0 Å². The predicted molar refractivity (Wildman–Crippen MR) is 73.1 cm³/mol. The van der Waals surface area contributed by atoms with Crippen molar-refractivity contribution in [3.63, 3.8) is 0 Å². The fourth-order valence-corrected chi connectivity index (χ4v) is 2.59. The molecule has 3 rings (SSSR count). The molecular formula is C16H16O3. The van der Waals surface area contributed by atoms with E-state index in [0.717, 1.165) is 5.56 Å². The Balaban J connectivity index is 1.99. The summed E-state index contributed by atoms with van der Waals surface area (Å²) >= 11 is 0. The zero-order chi connectivity index (χ0) is 13.3. The smallest absolute Gasteiger partial charge is 0.306 e. The van der Waals surface area contributed by atoms with Crippen LogP contribution in [-0.4, -0.2) is 26.3 Å². The van der Waals surface area contributed by atoms with Crippen LogP contribution in [0.2, 0.25) is 0 Å². The lowest BCUT2D eigenvalue weighted by Gasteiger charge is -2.41. The van der Waals surface area contributed by atoms with Gasteiger partial charge < -0.3 is 9.47 Å². The third-order valence-electron chi connectivity index (χ3n) is 3.83. The number of hydrogen-bond acceptors (Lipinski definition) is 3. The molecule has 3 nitrogen and oxygen atoms in total. The first-order chi connectivity index (χ1) is 9.23. The topological polar surface area (TPSA) is 35.5 Å². The largest absolute Gasteiger partial charge is 0.469 e. The van der Waals surface area contributed by atoms with Gasteiger partial charge >= 0.3 is 5.97 Å². The second-order valence-corrected chi connectivity index (χ2v) is 5.09. The van der Waals surface area contributed by atoms with Crippen LogP contribution < -0.4 is 0 Å². The molecule has 0 unspecified atom stereocenters. The van der Waals surface area contributed by atoms with Crippen molar-refractivity contribution in [1.29, 1.82) is 0 Å². The molecule has 2 aromatic carbocycles. The van der Waals surface area contributed by atoms with Gasteiger partial charge in [0.1, 0.15) is 0 Å². The van der Waals surface area contributed by atoms with Crippen LogP contribution in [0.5, 0.6) is 0 Å². The van der Waals surface area contributed by atoms with Crippen molar-refractivity contribution in [3.8, 4) is 0 Å². The van der Waals surface area contributed by atoms with Crippen molar-refractivity contribution in [2.24, 2.45) is 0 Å². The zero-order valence-corrected chi connectivity index (χ0v) is 10.9. The Morgan fingerprint density at radius 2 is 1.95 bits per heavy atom. The monoisotopic (exact) mass is 256 g/mol. The van der Waals surface area contributed by atoms with Gasteiger partial charge in [-0.2, -0.15) is 0 Å². The van der Waals surface area contributed by atoms with Gasteiger partial charge in [0.25, 0.3) is 0 Å². The van der Waals surface area contributed by atoms with Crippen LogP contribution >= 0.6 is 0 Å². The summed E-state index contributed by atoms with van der Waals surface area (Å²) in [5.74, 6) is -0.184. The number of hydrogen-bond donors (Lipinski definition) is 0. The van der Waals surface area contributed by atoms with Crippen LogP contribution in [0.15, 0.2) is 42.5 Å². The average molecular weight is 256 g/mol. The summed E-state index contributed by atoms with van der Waals surface area (Å²) in [6, 6.07) is 14.6. The molecule has 1 aliphatic rings. The van der Waals surface area contributed by atoms with E-state index in [1.807, 2.05) is 12.1 Å². The Hall–Kier alpha value is -1.87. The lowest BCUT2D eigenvalue weighted by Crippen LogP contribution is -2.48. The molecule has 0 N–H and O–H groups in total. The highest BCUT2D eigenvalue weighted by Crippen LogP contribution is 2.37. The Morgan fingerprint density at radius 3 is 2.58 bits per heavy atom. The number of methoxy groups -OCH3 is 1. The van der Waals surface area contributed by atoms with Crippen molar-refractivity contribution in [3.05, 3.63) is 48.0 Å². The van der Waals surface area contributed by atoms with Gasteiger partial charge in [0.05, 0.1) is 32.2 Å². The molecule has 1 fully saturated rings. The number of benzene rings is 2. The molecule has 0 saturated carbocycles. The van der Waals surface area contributed by atoms with E-state index >= 15 is 0 Å². The predicted octanol–water partition coefficient (Wildman–Crippen LogP) is 2.67. The maximum Gasteiger partial charge on any atom is 0.306 e. The van der Waals surface area contributed by atoms with Crippen LogP contribution in [0.4, 0.5) is 0 Å². The molecule has 0 spiro atoms. The maximum atomic E-state index is 11.6. The van der Waals surface area contributed by atoms with Crippen LogP contribution in [-0.2, 0) is 19.7 Å². The molecule has 2 aromatic rings. The number of carbonyl (C=O) groups is 1. The molecule has 0 aromatic heterocycles. The summed E-state index contributed by atoms with van der Waals surface area (Å²) in [5.41, 5.74) is 0.944. The Labute approximate surface area is 112 Å². The van der Waals surface area contributed by atoms with Crippen LogP contribution in [0.25, 0.3) is 10.8 Å². The summed E-state index contributed by atoms with van der Waals surface area (Å²) in [6.07, 6.45) is 0.377. The first-order valence-electron chi connectivity index (χ1n) is 6.37. The van der Waals surface area contributed by atoms with Gasteiger partial charge in [0.2, 0.25) is 0 Å². The standard InChI is InChI=1S/C16H16O3/c1-18-15(17)9-16(10-19-11-16)14-7-6-12-4-2-3-5-13(12)8-14/h2-8H,9-11H2,1H3. The third-order valence-corrected chi connectivity index (χ3v) is 3.83. The average Bonchev–Trinajstić information content (AvgIpc) is 2.42. The van der Waals surface area contributed by atoms with Gasteiger partial charge in [-0.25, -0.2) is 0 Å². The minimum absolute atomic E-state index is 0.184. The molecule has 0 bridgehead atoms. The maximum absolute atomic E-state index is 11.6. The van der Waals surface area contributed by atoms with Gasteiger partial charge in [0, 0.05) is 0 Å². The minimum atomic E-state index is -0.211. The SMILES string of the molecule is COC(=O)CC1(c2ccc3ccccc3c2)COC1. The molecule has 98 valence electrons. The summed E-state index contributed by atoms with van der Waals surface area (Å²) in [6.45, 7) is 1.17. The molecule has 1 saturated heterocycles. The highest BCUT2D eigenvalue weighted by Gasteiger charge is 2.42. The molecule has 19 heavy (non-hydrogen) atoms. The Morgan fingerprint density at radius 1 is 1.21 bits per heavy atom. The molecule has 0 aliphatic carbocycles. The first-order valence-corrected chi connectivity index (χ1v) is 6.37. The third kappa shape index (κ3) is 2.10. The molecule has 3 heteroatoms. The van der Waals surface area contributed by atoms with E-state index in [-0.39, 0.29) is 11.4 Å². The van der Waals surface area contributed by atoms with E-state index in [1.165, 1.54) is 17.9 Å². The van der Waals surface area contributed by atoms with E-state index in [0.29, 0.717) is 19.6 Å². The second-order valence-electron chi connectivity index (χ2n) is 5.09. The fourth-order valence-electron chi connectivity index (χ4n) is 2.59. The minimum Gasteiger partial charge on any atom is -0.469 e. The van der Waals surface area contributed by atoms with Crippen LogP contribution in [0, 0.1) is 0 Å². The quantitative estimate of drug-likeness (QED) is 0.792. The van der Waals surface area contributed by atoms with Gasteiger partial charge in [-0.05, 0) is 16.3 Å². The summed E-state index contributed by atoms with van der Waals surface area (Å²) in [7, 11) is 1.43. The molecule has 1 aliphatic heterocycles. The van der Waals surface area contributed by atoms with Gasteiger partial charge in [-0.15, -0.1) is 0 Å². The van der Waals surface area contributed by atoms with Crippen molar-refractivity contribution in [2.45, 2.75) is 11.8 Å². The van der Waals surface area contributed by atoms with E-state index in [2.05, 4.69) is 30.3 Å². The Kier molecular flexibility index (Phi) is 2.99. The summed E-state index contributed by atoms with van der Waals surface area (Å²) < 4.78 is 10.1. The fraction of sp³-hybridized carbons (Fsp3) is 0.312. The highest BCUT2D eigenvalue weighted by molar-refractivity contribution is 5.83. The van der Waals surface area contributed by atoms with Crippen molar-refractivity contribution < 1.29 is 14.3 Å². The van der Waals surface area contributed by atoms with Gasteiger partial charge in [-0.1, -0.05) is 42.5 Å². The zero-order valence-electron chi connectivity index (χ0n) is 10.9. The molecule has 0 atom stereocenters. The van der Waals surface area contributed by atoms with E-state index < -0.39 is 0 Å².